The minimum Gasteiger partial charge on any atom is -0.478 e. The van der Waals surface area contributed by atoms with Crippen LogP contribution in [0.2, 0.25) is 0 Å². The van der Waals surface area contributed by atoms with Crippen LogP contribution in [0.1, 0.15) is 16.1 Å². The fourth-order valence-electron chi connectivity index (χ4n) is 1.79. The van der Waals surface area contributed by atoms with E-state index in [4.69, 9.17) is 5.11 Å². The molecule has 0 aliphatic carbocycles. The van der Waals surface area contributed by atoms with Crippen molar-refractivity contribution in [1.29, 1.82) is 0 Å². The van der Waals surface area contributed by atoms with Crippen molar-refractivity contribution in [2.24, 2.45) is 7.05 Å². The molecule has 0 fully saturated rings. The summed E-state index contributed by atoms with van der Waals surface area (Å²) in [6, 6.07) is 3.62. The van der Waals surface area contributed by atoms with Gasteiger partial charge in [-0.1, -0.05) is 0 Å². The first-order valence-electron chi connectivity index (χ1n) is 5.02. The number of rotatable bonds is 2. The summed E-state index contributed by atoms with van der Waals surface area (Å²) in [5.74, 6) is -1.54. The molecular weight excluding hydrogens is 223 g/mol. The highest BCUT2D eigenvalue weighted by Gasteiger charge is 2.16. The van der Waals surface area contributed by atoms with Gasteiger partial charge in [0.1, 0.15) is 5.82 Å². The molecule has 0 aliphatic heterocycles. The maximum Gasteiger partial charge on any atom is 0.336 e. The number of hydrogen-bond acceptors (Lipinski definition) is 2. The SMILES string of the molecule is Cc1nn(C)cc1-c1cc(F)ccc1C(=O)O. The molecule has 0 radical (unpaired) electrons. The van der Waals surface area contributed by atoms with Gasteiger partial charge in [0.2, 0.25) is 0 Å². The molecule has 0 atom stereocenters. The fraction of sp³-hybridized carbons (Fsp3) is 0.167. The zero-order valence-corrected chi connectivity index (χ0v) is 9.44. The summed E-state index contributed by atoms with van der Waals surface area (Å²) in [5, 5.41) is 13.2. The van der Waals surface area contributed by atoms with E-state index < -0.39 is 11.8 Å². The maximum absolute atomic E-state index is 13.2. The van der Waals surface area contributed by atoms with Crippen LogP contribution in [0.4, 0.5) is 4.39 Å². The number of aromatic nitrogens is 2. The van der Waals surface area contributed by atoms with Gasteiger partial charge in [-0.05, 0) is 25.1 Å². The third kappa shape index (κ3) is 2.04. The molecule has 2 aromatic rings. The molecule has 1 aromatic carbocycles. The third-order valence-electron chi connectivity index (χ3n) is 2.52. The second kappa shape index (κ2) is 4.01. The maximum atomic E-state index is 13.2. The van der Waals surface area contributed by atoms with Crippen molar-refractivity contribution >= 4 is 5.97 Å². The van der Waals surface area contributed by atoms with Crippen LogP contribution in [0, 0.1) is 12.7 Å². The molecule has 4 nitrogen and oxygen atoms in total. The second-order valence-electron chi connectivity index (χ2n) is 3.80. The van der Waals surface area contributed by atoms with Crippen molar-refractivity contribution < 1.29 is 14.3 Å². The summed E-state index contributed by atoms with van der Waals surface area (Å²) < 4.78 is 14.8. The van der Waals surface area contributed by atoms with E-state index >= 15 is 0 Å². The minimum absolute atomic E-state index is 0.0718. The first-order valence-corrected chi connectivity index (χ1v) is 5.02. The molecule has 1 aromatic heterocycles. The van der Waals surface area contributed by atoms with Gasteiger partial charge in [-0.2, -0.15) is 5.10 Å². The molecule has 2 rings (SSSR count). The lowest BCUT2D eigenvalue weighted by molar-refractivity contribution is 0.0697. The molecule has 1 heterocycles. The van der Waals surface area contributed by atoms with Crippen molar-refractivity contribution in [3.63, 3.8) is 0 Å². The Labute approximate surface area is 97.3 Å². The Kier molecular flexibility index (Phi) is 2.67. The fourth-order valence-corrected chi connectivity index (χ4v) is 1.79. The predicted octanol–water partition coefficient (Wildman–Crippen LogP) is 2.23. The van der Waals surface area contributed by atoms with Gasteiger partial charge in [0, 0.05) is 24.4 Å². The van der Waals surface area contributed by atoms with Crippen LogP contribution >= 0.6 is 0 Å². The van der Waals surface area contributed by atoms with Crippen molar-refractivity contribution in [2.45, 2.75) is 6.92 Å². The van der Waals surface area contributed by atoms with Gasteiger partial charge >= 0.3 is 5.97 Å². The number of hydrogen-bond donors (Lipinski definition) is 1. The van der Waals surface area contributed by atoms with E-state index in [9.17, 15) is 9.18 Å². The quantitative estimate of drug-likeness (QED) is 0.866. The van der Waals surface area contributed by atoms with E-state index in [1.165, 1.54) is 12.1 Å². The van der Waals surface area contributed by atoms with Crippen LogP contribution in [0.15, 0.2) is 24.4 Å². The third-order valence-corrected chi connectivity index (χ3v) is 2.52. The summed E-state index contributed by atoms with van der Waals surface area (Å²) in [7, 11) is 1.73. The molecular formula is C12H11FN2O2. The molecule has 5 heteroatoms. The van der Waals surface area contributed by atoms with E-state index in [1.54, 1.807) is 24.9 Å². The van der Waals surface area contributed by atoms with Gasteiger partial charge in [0.25, 0.3) is 0 Å². The zero-order chi connectivity index (χ0) is 12.6. The topological polar surface area (TPSA) is 55.1 Å². The van der Waals surface area contributed by atoms with Gasteiger partial charge in [-0.15, -0.1) is 0 Å². The van der Waals surface area contributed by atoms with Crippen LogP contribution in [-0.2, 0) is 7.05 Å². The molecule has 1 N–H and O–H groups in total. The number of carbonyl (C=O) groups is 1. The molecule has 0 amide bonds. The van der Waals surface area contributed by atoms with Crippen LogP contribution in [-0.4, -0.2) is 20.9 Å². The van der Waals surface area contributed by atoms with E-state index in [1.807, 2.05) is 0 Å². The lowest BCUT2D eigenvalue weighted by Crippen LogP contribution is -2.00. The lowest BCUT2D eigenvalue weighted by Gasteiger charge is -2.04. The summed E-state index contributed by atoms with van der Waals surface area (Å²) in [4.78, 5) is 11.1. The Balaban J connectivity index is 2.69. The van der Waals surface area contributed by atoms with Gasteiger partial charge in [-0.25, -0.2) is 9.18 Å². The smallest absolute Gasteiger partial charge is 0.336 e. The Bertz CT molecular complexity index is 590. The van der Waals surface area contributed by atoms with E-state index in [0.717, 1.165) is 6.07 Å². The number of benzene rings is 1. The summed E-state index contributed by atoms with van der Waals surface area (Å²) in [6.07, 6.45) is 1.68. The zero-order valence-electron chi connectivity index (χ0n) is 9.44. The Morgan fingerprint density at radius 2 is 2.12 bits per heavy atom. The van der Waals surface area contributed by atoms with Crippen LogP contribution in [0.5, 0.6) is 0 Å². The first kappa shape index (κ1) is 11.3. The minimum atomic E-state index is -1.08. The lowest BCUT2D eigenvalue weighted by atomic mass is 10.0. The first-order chi connectivity index (χ1) is 7.99. The average Bonchev–Trinajstić information content (AvgIpc) is 2.57. The number of carboxylic acid groups (broad SMARTS) is 1. The van der Waals surface area contributed by atoms with E-state index in [0.29, 0.717) is 16.8 Å². The molecule has 0 saturated carbocycles. The second-order valence-corrected chi connectivity index (χ2v) is 3.80. The van der Waals surface area contributed by atoms with Gasteiger partial charge in [0.15, 0.2) is 0 Å². The Morgan fingerprint density at radius 3 is 2.65 bits per heavy atom. The number of nitrogens with zero attached hydrogens (tertiary/aromatic N) is 2. The highest BCUT2D eigenvalue weighted by molar-refractivity contribution is 5.96. The van der Waals surface area contributed by atoms with E-state index in [-0.39, 0.29) is 5.56 Å². The van der Waals surface area contributed by atoms with Gasteiger partial charge in [-0.3, -0.25) is 4.68 Å². The number of halogens is 1. The highest BCUT2D eigenvalue weighted by Crippen LogP contribution is 2.27. The van der Waals surface area contributed by atoms with Crippen molar-refractivity contribution in [1.82, 2.24) is 9.78 Å². The van der Waals surface area contributed by atoms with Crippen LogP contribution in [0.3, 0.4) is 0 Å². The predicted molar refractivity (Wildman–Crippen MR) is 60.3 cm³/mol. The van der Waals surface area contributed by atoms with Crippen molar-refractivity contribution in [3.05, 3.63) is 41.5 Å². The Morgan fingerprint density at radius 1 is 1.41 bits per heavy atom. The monoisotopic (exact) mass is 234 g/mol. The average molecular weight is 234 g/mol. The van der Waals surface area contributed by atoms with Crippen LogP contribution in [0.25, 0.3) is 11.1 Å². The standard InChI is InChI=1S/C12H11FN2O2/c1-7-11(6-15(2)14-7)10-5-8(13)3-4-9(10)12(16)17/h3-6H,1-2H3,(H,16,17). The largest absolute Gasteiger partial charge is 0.478 e. The van der Waals surface area contributed by atoms with Crippen molar-refractivity contribution in [3.8, 4) is 11.1 Å². The summed E-state index contributed by atoms with van der Waals surface area (Å²) in [6.45, 7) is 1.76. The number of carboxylic acids is 1. The van der Waals surface area contributed by atoms with Gasteiger partial charge < -0.3 is 5.11 Å². The molecule has 0 bridgehead atoms. The summed E-state index contributed by atoms with van der Waals surface area (Å²) >= 11 is 0. The van der Waals surface area contributed by atoms with Crippen molar-refractivity contribution in [2.75, 3.05) is 0 Å². The molecule has 88 valence electrons. The molecule has 0 spiro atoms. The van der Waals surface area contributed by atoms with Gasteiger partial charge in [0.05, 0.1) is 11.3 Å². The highest BCUT2D eigenvalue weighted by atomic mass is 19.1. The summed E-state index contributed by atoms with van der Waals surface area (Å²) in [5.41, 5.74) is 1.72. The molecule has 0 unspecified atom stereocenters. The normalized spacial score (nSPS) is 10.5. The van der Waals surface area contributed by atoms with Crippen LogP contribution < -0.4 is 0 Å². The molecule has 0 saturated heterocycles. The number of aromatic carboxylic acids is 1. The molecule has 17 heavy (non-hydrogen) atoms. The van der Waals surface area contributed by atoms with E-state index in [2.05, 4.69) is 5.10 Å². The number of aryl methyl sites for hydroxylation is 2. The Hall–Kier alpha value is -2.17. The molecule has 0 aliphatic rings.